The Morgan fingerprint density at radius 1 is 1.15 bits per heavy atom. The van der Waals surface area contributed by atoms with Gasteiger partial charge in [-0.05, 0) is 60.8 Å². The van der Waals surface area contributed by atoms with E-state index in [0.29, 0.717) is 13.0 Å². The number of carbonyl (C=O) groups excluding carboxylic acids is 1. The van der Waals surface area contributed by atoms with Gasteiger partial charge in [0.05, 0.1) is 18.3 Å². The van der Waals surface area contributed by atoms with Crippen LogP contribution in [0.5, 0.6) is 0 Å². The molecule has 2 fully saturated rings. The van der Waals surface area contributed by atoms with Crippen LogP contribution in [0.25, 0.3) is 0 Å². The standard InChI is InChI=1S/C18H25N7O/c26-18(7-11-24-14-20-21-22-24)25-10-3-4-17(25)16-6-5-15(12-19-16)13-23-8-1-2-9-23/h5-6,12,14,17H,1-4,7-11,13H2/t17-/m0/s1. The molecule has 1 atom stereocenters. The first-order valence-electron chi connectivity index (χ1n) is 9.47. The molecule has 2 aliphatic rings. The van der Waals surface area contributed by atoms with Gasteiger partial charge in [-0.3, -0.25) is 14.7 Å². The number of aromatic nitrogens is 5. The molecule has 8 nitrogen and oxygen atoms in total. The summed E-state index contributed by atoms with van der Waals surface area (Å²) in [5, 5.41) is 11.0. The first kappa shape index (κ1) is 17.1. The zero-order chi connectivity index (χ0) is 17.8. The quantitative estimate of drug-likeness (QED) is 0.780. The number of hydrogen-bond donors (Lipinski definition) is 0. The molecule has 0 saturated carbocycles. The van der Waals surface area contributed by atoms with E-state index in [2.05, 4.69) is 37.5 Å². The van der Waals surface area contributed by atoms with E-state index in [1.165, 1.54) is 37.8 Å². The first-order valence-corrected chi connectivity index (χ1v) is 9.47. The fourth-order valence-electron chi connectivity index (χ4n) is 3.93. The van der Waals surface area contributed by atoms with Gasteiger partial charge in [-0.1, -0.05) is 6.07 Å². The van der Waals surface area contributed by atoms with Crippen molar-refractivity contribution in [3.8, 4) is 0 Å². The molecule has 4 rings (SSSR count). The molecule has 26 heavy (non-hydrogen) atoms. The van der Waals surface area contributed by atoms with Crippen molar-refractivity contribution in [2.75, 3.05) is 19.6 Å². The van der Waals surface area contributed by atoms with Crippen LogP contribution in [0, 0.1) is 0 Å². The van der Waals surface area contributed by atoms with Crippen molar-refractivity contribution in [3.63, 3.8) is 0 Å². The van der Waals surface area contributed by atoms with Crippen molar-refractivity contribution < 1.29 is 4.79 Å². The van der Waals surface area contributed by atoms with Crippen molar-refractivity contribution in [2.45, 2.75) is 51.2 Å². The van der Waals surface area contributed by atoms with Crippen LogP contribution in [-0.4, -0.2) is 60.5 Å². The second-order valence-electron chi connectivity index (χ2n) is 7.14. The van der Waals surface area contributed by atoms with Crippen LogP contribution in [0.1, 0.15) is 49.4 Å². The van der Waals surface area contributed by atoms with Gasteiger partial charge < -0.3 is 4.90 Å². The van der Waals surface area contributed by atoms with Gasteiger partial charge in [-0.15, -0.1) is 5.10 Å². The van der Waals surface area contributed by atoms with Crippen molar-refractivity contribution >= 4 is 5.91 Å². The summed E-state index contributed by atoms with van der Waals surface area (Å²) in [5.41, 5.74) is 2.26. The third-order valence-corrected chi connectivity index (χ3v) is 5.31. The lowest BCUT2D eigenvalue weighted by molar-refractivity contribution is -0.132. The summed E-state index contributed by atoms with van der Waals surface area (Å²) < 4.78 is 1.59. The normalized spacial score (nSPS) is 20.8. The molecule has 8 heteroatoms. The fraction of sp³-hybridized carbons (Fsp3) is 0.611. The third kappa shape index (κ3) is 3.90. The molecular weight excluding hydrogens is 330 g/mol. The van der Waals surface area contributed by atoms with Gasteiger partial charge in [0.25, 0.3) is 0 Å². The summed E-state index contributed by atoms with van der Waals surface area (Å²) in [4.78, 5) is 21.8. The van der Waals surface area contributed by atoms with Gasteiger partial charge in [0, 0.05) is 25.7 Å². The minimum Gasteiger partial charge on any atom is -0.334 e. The summed E-state index contributed by atoms with van der Waals surface area (Å²) in [5.74, 6) is 0.144. The van der Waals surface area contributed by atoms with E-state index in [4.69, 9.17) is 0 Å². The summed E-state index contributed by atoms with van der Waals surface area (Å²) in [6.45, 7) is 4.67. The Hall–Kier alpha value is -2.35. The average Bonchev–Trinajstić information content (AvgIpc) is 3.42. The number of hydrogen-bond acceptors (Lipinski definition) is 6. The highest BCUT2D eigenvalue weighted by atomic mass is 16.2. The highest BCUT2D eigenvalue weighted by Gasteiger charge is 2.30. The number of likely N-dealkylation sites (tertiary alicyclic amines) is 2. The molecule has 4 heterocycles. The average molecular weight is 355 g/mol. The number of rotatable bonds is 6. The largest absolute Gasteiger partial charge is 0.334 e. The molecule has 0 unspecified atom stereocenters. The van der Waals surface area contributed by atoms with Crippen LogP contribution < -0.4 is 0 Å². The minimum atomic E-state index is 0.0946. The van der Waals surface area contributed by atoms with Gasteiger partial charge in [0.1, 0.15) is 6.33 Å². The first-order chi connectivity index (χ1) is 12.8. The lowest BCUT2D eigenvalue weighted by Crippen LogP contribution is -2.31. The third-order valence-electron chi connectivity index (χ3n) is 5.31. The number of nitrogens with zero attached hydrogens (tertiary/aromatic N) is 7. The maximum absolute atomic E-state index is 12.6. The van der Waals surface area contributed by atoms with E-state index in [0.717, 1.165) is 31.6 Å². The van der Waals surface area contributed by atoms with Crippen LogP contribution in [0.15, 0.2) is 24.7 Å². The Morgan fingerprint density at radius 3 is 2.77 bits per heavy atom. The molecule has 2 aliphatic heterocycles. The summed E-state index contributed by atoms with van der Waals surface area (Å²) in [6.07, 6.45) is 8.54. The predicted octanol–water partition coefficient (Wildman–Crippen LogP) is 1.42. The zero-order valence-electron chi connectivity index (χ0n) is 15.0. The van der Waals surface area contributed by atoms with Crippen LogP contribution >= 0.6 is 0 Å². The molecule has 0 aliphatic carbocycles. The molecule has 0 bridgehead atoms. The van der Waals surface area contributed by atoms with E-state index >= 15 is 0 Å². The van der Waals surface area contributed by atoms with Crippen LogP contribution in [0.2, 0.25) is 0 Å². The molecule has 0 aromatic carbocycles. The van der Waals surface area contributed by atoms with Crippen LogP contribution in [0.4, 0.5) is 0 Å². The highest BCUT2D eigenvalue weighted by Crippen LogP contribution is 2.31. The van der Waals surface area contributed by atoms with Crippen molar-refractivity contribution in [3.05, 3.63) is 35.9 Å². The number of pyridine rings is 1. The van der Waals surface area contributed by atoms with E-state index in [-0.39, 0.29) is 11.9 Å². The minimum absolute atomic E-state index is 0.0946. The summed E-state index contributed by atoms with van der Waals surface area (Å²) in [7, 11) is 0. The van der Waals surface area contributed by atoms with Crippen molar-refractivity contribution in [1.82, 2.24) is 35.0 Å². The van der Waals surface area contributed by atoms with E-state index in [1.807, 2.05) is 11.1 Å². The van der Waals surface area contributed by atoms with Crippen molar-refractivity contribution in [1.29, 1.82) is 0 Å². The summed E-state index contributed by atoms with van der Waals surface area (Å²) in [6, 6.07) is 4.36. The number of aryl methyl sites for hydroxylation is 1. The Labute approximate surface area is 153 Å². The molecule has 138 valence electrons. The molecule has 0 radical (unpaired) electrons. The SMILES string of the molecule is O=C(CCn1cnnn1)N1CCC[C@H]1c1ccc(CN2CCCC2)cn1. The van der Waals surface area contributed by atoms with Crippen LogP contribution in [-0.2, 0) is 17.9 Å². The van der Waals surface area contributed by atoms with Gasteiger partial charge >= 0.3 is 0 Å². The lowest BCUT2D eigenvalue weighted by atomic mass is 10.1. The topological polar surface area (TPSA) is 80.0 Å². The molecule has 2 aromatic heterocycles. The monoisotopic (exact) mass is 355 g/mol. The van der Waals surface area contributed by atoms with Crippen molar-refractivity contribution in [2.24, 2.45) is 0 Å². The van der Waals surface area contributed by atoms with Gasteiger partial charge in [-0.25, -0.2) is 4.68 Å². The highest BCUT2D eigenvalue weighted by molar-refractivity contribution is 5.76. The number of carbonyl (C=O) groups is 1. The predicted molar refractivity (Wildman–Crippen MR) is 94.9 cm³/mol. The van der Waals surface area contributed by atoms with E-state index < -0.39 is 0 Å². The molecule has 0 N–H and O–H groups in total. The van der Waals surface area contributed by atoms with Crippen LogP contribution in [0.3, 0.4) is 0 Å². The second-order valence-corrected chi connectivity index (χ2v) is 7.14. The zero-order valence-corrected chi connectivity index (χ0v) is 15.0. The van der Waals surface area contributed by atoms with E-state index in [1.54, 1.807) is 4.68 Å². The molecule has 2 aromatic rings. The Bertz CT molecular complexity index is 710. The fourth-order valence-corrected chi connectivity index (χ4v) is 3.93. The number of tetrazole rings is 1. The summed E-state index contributed by atoms with van der Waals surface area (Å²) >= 11 is 0. The van der Waals surface area contributed by atoms with Gasteiger partial charge in [0.15, 0.2) is 0 Å². The molecular formula is C18H25N7O. The van der Waals surface area contributed by atoms with E-state index in [9.17, 15) is 4.79 Å². The maximum Gasteiger partial charge on any atom is 0.225 e. The Kier molecular flexibility index (Phi) is 5.19. The van der Waals surface area contributed by atoms with Gasteiger partial charge in [0.2, 0.25) is 5.91 Å². The molecule has 1 amide bonds. The molecule has 2 saturated heterocycles. The lowest BCUT2D eigenvalue weighted by Gasteiger charge is -2.24. The number of amides is 1. The second kappa shape index (κ2) is 7.90. The maximum atomic E-state index is 12.6. The molecule has 0 spiro atoms. The Balaban J connectivity index is 1.36. The van der Waals surface area contributed by atoms with Gasteiger partial charge in [-0.2, -0.15) is 0 Å². The Morgan fingerprint density at radius 2 is 2.04 bits per heavy atom. The smallest absolute Gasteiger partial charge is 0.225 e.